The molecule has 0 fully saturated rings. The zero-order valence-corrected chi connectivity index (χ0v) is 18.0. The van der Waals surface area contributed by atoms with Crippen LogP contribution in [-0.2, 0) is 14.8 Å². The molecule has 30 heavy (non-hydrogen) atoms. The highest BCUT2D eigenvalue weighted by molar-refractivity contribution is 7.92. The number of nitrogens with zero attached hydrogens (tertiary/aromatic N) is 2. The molecule has 0 aliphatic carbocycles. The summed E-state index contributed by atoms with van der Waals surface area (Å²) < 4.78 is 36.5. The molecule has 0 bridgehead atoms. The third-order valence-electron chi connectivity index (χ3n) is 4.47. The lowest BCUT2D eigenvalue weighted by Crippen LogP contribution is -2.45. The van der Waals surface area contributed by atoms with Gasteiger partial charge in [-0.3, -0.25) is 19.2 Å². The van der Waals surface area contributed by atoms with Crippen molar-refractivity contribution in [1.82, 2.24) is 0 Å². The molecule has 2 rings (SSSR count). The molecule has 0 heterocycles. The van der Waals surface area contributed by atoms with E-state index in [1.807, 2.05) is 0 Å². The highest BCUT2D eigenvalue weighted by atomic mass is 32.2. The summed E-state index contributed by atoms with van der Waals surface area (Å²) in [7, 11) is -1.11. The van der Waals surface area contributed by atoms with Gasteiger partial charge in [0.25, 0.3) is 5.69 Å². The lowest BCUT2D eigenvalue weighted by atomic mass is 10.1. The van der Waals surface area contributed by atoms with Gasteiger partial charge in [-0.25, -0.2) is 8.42 Å². The summed E-state index contributed by atoms with van der Waals surface area (Å²) in [4.78, 5) is 23.5. The molecule has 0 aliphatic rings. The van der Waals surface area contributed by atoms with Crippen molar-refractivity contribution in [3.05, 3.63) is 52.1 Å². The summed E-state index contributed by atoms with van der Waals surface area (Å²) in [6.45, 7) is 2.90. The van der Waals surface area contributed by atoms with Gasteiger partial charge in [-0.05, 0) is 32.0 Å². The molecular formula is C19H23N3O7S. The molecule has 1 atom stereocenters. The SMILES string of the molecule is COc1ccc(OC)c(N(C(C)C(=O)Nc2cccc([N+](=O)[O-])c2C)S(C)(=O)=O)c1. The Morgan fingerprint density at radius 1 is 1.20 bits per heavy atom. The minimum Gasteiger partial charge on any atom is -0.497 e. The molecule has 162 valence electrons. The van der Waals surface area contributed by atoms with E-state index >= 15 is 0 Å². The van der Waals surface area contributed by atoms with Crippen molar-refractivity contribution in [2.24, 2.45) is 0 Å². The van der Waals surface area contributed by atoms with Crippen LogP contribution < -0.4 is 19.1 Å². The van der Waals surface area contributed by atoms with Crippen LogP contribution in [0.25, 0.3) is 0 Å². The number of methoxy groups -OCH3 is 2. The highest BCUT2D eigenvalue weighted by Gasteiger charge is 2.32. The van der Waals surface area contributed by atoms with Crippen LogP contribution in [0.2, 0.25) is 0 Å². The smallest absolute Gasteiger partial charge is 0.274 e. The quantitative estimate of drug-likeness (QED) is 0.497. The first kappa shape index (κ1) is 22.9. The summed E-state index contributed by atoms with van der Waals surface area (Å²) >= 11 is 0. The number of nitrogens with one attached hydrogen (secondary N) is 1. The molecule has 1 amide bonds. The van der Waals surface area contributed by atoms with Crippen LogP contribution >= 0.6 is 0 Å². The Morgan fingerprint density at radius 3 is 2.40 bits per heavy atom. The third kappa shape index (κ3) is 4.79. The van der Waals surface area contributed by atoms with Gasteiger partial charge >= 0.3 is 0 Å². The number of sulfonamides is 1. The van der Waals surface area contributed by atoms with Crippen LogP contribution in [0, 0.1) is 17.0 Å². The molecule has 0 radical (unpaired) electrons. The number of nitro benzene ring substituents is 1. The highest BCUT2D eigenvalue weighted by Crippen LogP contribution is 2.35. The van der Waals surface area contributed by atoms with E-state index < -0.39 is 26.9 Å². The number of anilines is 2. The molecule has 1 unspecified atom stereocenters. The number of carbonyl (C=O) groups is 1. The van der Waals surface area contributed by atoms with Crippen molar-refractivity contribution >= 4 is 33.0 Å². The fourth-order valence-electron chi connectivity index (χ4n) is 2.94. The first-order valence-electron chi connectivity index (χ1n) is 8.77. The fraction of sp³-hybridized carbons (Fsp3) is 0.316. The number of carbonyl (C=O) groups excluding carboxylic acids is 1. The van der Waals surface area contributed by atoms with Crippen LogP contribution in [0.4, 0.5) is 17.1 Å². The van der Waals surface area contributed by atoms with Crippen molar-refractivity contribution < 1.29 is 27.6 Å². The second kappa shape index (κ2) is 8.99. The topological polar surface area (TPSA) is 128 Å². The predicted octanol–water partition coefficient (Wildman–Crippen LogP) is 2.71. The van der Waals surface area contributed by atoms with Gasteiger partial charge in [0.15, 0.2) is 0 Å². The Hall–Kier alpha value is -3.34. The maximum atomic E-state index is 12.9. The minimum atomic E-state index is -3.92. The molecule has 11 heteroatoms. The van der Waals surface area contributed by atoms with E-state index in [0.29, 0.717) is 5.75 Å². The molecular weight excluding hydrogens is 414 g/mol. The van der Waals surface area contributed by atoms with Crippen LogP contribution in [-0.4, -0.2) is 45.8 Å². The zero-order chi connectivity index (χ0) is 22.6. The summed E-state index contributed by atoms with van der Waals surface area (Å²) in [5.41, 5.74) is 0.438. The molecule has 0 aliphatic heterocycles. The van der Waals surface area contributed by atoms with Gasteiger partial charge in [0.1, 0.15) is 17.5 Å². The Balaban J connectivity index is 2.47. The number of hydrogen-bond donors (Lipinski definition) is 1. The average molecular weight is 437 g/mol. The zero-order valence-electron chi connectivity index (χ0n) is 17.2. The average Bonchev–Trinajstić information content (AvgIpc) is 2.68. The van der Waals surface area contributed by atoms with Gasteiger partial charge in [-0.1, -0.05) is 6.07 Å². The van der Waals surface area contributed by atoms with E-state index in [9.17, 15) is 23.3 Å². The maximum absolute atomic E-state index is 12.9. The van der Waals surface area contributed by atoms with Crippen molar-refractivity contribution in [3.63, 3.8) is 0 Å². The van der Waals surface area contributed by atoms with Gasteiger partial charge in [0, 0.05) is 12.1 Å². The van der Waals surface area contributed by atoms with Gasteiger partial charge in [0.05, 0.1) is 42.3 Å². The molecule has 1 N–H and O–H groups in total. The minimum absolute atomic E-state index is 0.123. The van der Waals surface area contributed by atoms with E-state index in [1.165, 1.54) is 58.4 Å². The normalized spacial score (nSPS) is 12.0. The molecule has 0 aromatic heterocycles. The summed E-state index contributed by atoms with van der Waals surface area (Å²) in [6, 6.07) is 7.64. The van der Waals surface area contributed by atoms with Gasteiger partial charge < -0.3 is 14.8 Å². The Bertz CT molecular complexity index is 1070. The number of nitro groups is 1. The first-order valence-corrected chi connectivity index (χ1v) is 10.6. The largest absolute Gasteiger partial charge is 0.497 e. The van der Waals surface area contributed by atoms with E-state index in [-0.39, 0.29) is 28.4 Å². The van der Waals surface area contributed by atoms with Gasteiger partial charge in [-0.15, -0.1) is 0 Å². The standard InChI is InChI=1S/C19H23N3O7S/c1-12-15(7-6-8-16(12)22(24)25)20-19(23)13(2)21(30(5,26)27)17-11-14(28-3)9-10-18(17)29-4/h6-11,13H,1-5H3,(H,20,23). The molecule has 10 nitrogen and oxygen atoms in total. The summed E-state index contributed by atoms with van der Waals surface area (Å²) in [6.07, 6.45) is 0.967. The monoisotopic (exact) mass is 437 g/mol. The number of hydrogen-bond acceptors (Lipinski definition) is 7. The van der Waals surface area contributed by atoms with Crippen LogP contribution in [0.15, 0.2) is 36.4 Å². The summed E-state index contributed by atoms with van der Waals surface area (Å²) in [5, 5.41) is 13.7. The van der Waals surface area contributed by atoms with E-state index in [4.69, 9.17) is 9.47 Å². The van der Waals surface area contributed by atoms with E-state index in [2.05, 4.69) is 5.32 Å². The van der Waals surface area contributed by atoms with E-state index in [0.717, 1.165) is 10.6 Å². The van der Waals surface area contributed by atoms with E-state index in [1.54, 1.807) is 6.07 Å². The molecule has 2 aromatic carbocycles. The van der Waals surface area contributed by atoms with Crippen molar-refractivity contribution in [1.29, 1.82) is 0 Å². The number of amides is 1. The van der Waals surface area contributed by atoms with Gasteiger partial charge in [-0.2, -0.15) is 0 Å². The molecule has 0 spiro atoms. The fourth-order valence-corrected chi connectivity index (χ4v) is 4.11. The Morgan fingerprint density at radius 2 is 1.87 bits per heavy atom. The lowest BCUT2D eigenvalue weighted by Gasteiger charge is -2.29. The number of rotatable bonds is 8. The second-order valence-corrected chi connectivity index (χ2v) is 8.33. The van der Waals surface area contributed by atoms with Crippen LogP contribution in [0.1, 0.15) is 12.5 Å². The third-order valence-corrected chi connectivity index (χ3v) is 5.70. The van der Waals surface area contributed by atoms with Crippen molar-refractivity contribution in [3.8, 4) is 11.5 Å². The second-order valence-electron chi connectivity index (χ2n) is 6.47. The maximum Gasteiger partial charge on any atom is 0.274 e. The molecule has 2 aromatic rings. The molecule has 0 saturated heterocycles. The van der Waals surface area contributed by atoms with Crippen molar-refractivity contribution in [2.75, 3.05) is 30.1 Å². The first-order chi connectivity index (χ1) is 14.0. The summed E-state index contributed by atoms with van der Waals surface area (Å²) in [5.74, 6) is -0.0668. The van der Waals surface area contributed by atoms with Crippen LogP contribution in [0.3, 0.4) is 0 Å². The van der Waals surface area contributed by atoms with Crippen molar-refractivity contribution in [2.45, 2.75) is 19.9 Å². The lowest BCUT2D eigenvalue weighted by molar-refractivity contribution is -0.385. The molecule has 0 saturated carbocycles. The van der Waals surface area contributed by atoms with Crippen LogP contribution in [0.5, 0.6) is 11.5 Å². The Kier molecular flexibility index (Phi) is 6.88. The van der Waals surface area contributed by atoms with Gasteiger partial charge in [0.2, 0.25) is 15.9 Å². The number of benzene rings is 2. The predicted molar refractivity (Wildman–Crippen MR) is 113 cm³/mol. The Labute approximate surface area is 174 Å². The number of ether oxygens (including phenoxy) is 2.